The zero-order chi connectivity index (χ0) is 13.0. The standard InChI is InChI=1S/C15H15NO3/c17-14-11-9-6-7-10(12(11)16-14)13(9)19-15(18)8-4-2-1-3-5-8/h1-5,9-13H,6-7H2,(H,16,17)/t9-,10-,11+,12-,13-/m0/s1. The molecule has 3 aliphatic rings. The molecule has 1 amide bonds. The van der Waals surface area contributed by atoms with E-state index in [9.17, 15) is 9.59 Å². The van der Waals surface area contributed by atoms with E-state index in [1.807, 2.05) is 18.2 Å². The molecule has 5 atom stereocenters. The maximum absolute atomic E-state index is 12.1. The number of benzene rings is 1. The van der Waals surface area contributed by atoms with Gasteiger partial charge in [0.05, 0.1) is 11.5 Å². The number of ether oxygens (including phenoxy) is 1. The molecule has 0 radical (unpaired) electrons. The van der Waals surface area contributed by atoms with Crippen molar-refractivity contribution in [2.24, 2.45) is 17.8 Å². The molecule has 2 saturated carbocycles. The van der Waals surface area contributed by atoms with Gasteiger partial charge >= 0.3 is 5.97 Å². The maximum atomic E-state index is 12.1. The quantitative estimate of drug-likeness (QED) is 0.643. The summed E-state index contributed by atoms with van der Waals surface area (Å²) in [5.41, 5.74) is 0.584. The number of amides is 1. The highest BCUT2D eigenvalue weighted by atomic mass is 16.5. The third kappa shape index (κ3) is 1.46. The lowest BCUT2D eigenvalue weighted by Gasteiger charge is -2.38. The topological polar surface area (TPSA) is 55.4 Å². The minimum atomic E-state index is -0.267. The number of β-lactam (4-membered cyclic amide) rings is 1. The molecule has 1 aromatic carbocycles. The molecule has 1 N–H and O–H groups in total. The van der Waals surface area contributed by atoms with Crippen LogP contribution in [0.2, 0.25) is 0 Å². The van der Waals surface area contributed by atoms with E-state index in [1.54, 1.807) is 12.1 Å². The van der Waals surface area contributed by atoms with Crippen molar-refractivity contribution < 1.29 is 14.3 Å². The van der Waals surface area contributed by atoms with Crippen molar-refractivity contribution in [1.82, 2.24) is 5.32 Å². The highest BCUT2D eigenvalue weighted by Crippen LogP contribution is 2.53. The summed E-state index contributed by atoms with van der Waals surface area (Å²) < 4.78 is 5.68. The molecule has 98 valence electrons. The Morgan fingerprint density at radius 3 is 2.58 bits per heavy atom. The monoisotopic (exact) mass is 257 g/mol. The van der Waals surface area contributed by atoms with Crippen LogP contribution in [0, 0.1) is 17.8 Å². The molecule has 1 saturated heterocycles. The second-order valence-corrected chi connectivity index (χ2v) is 5.70. The molecule has 3 fully saturated rings. The van der Waals surface area contributed by atoms with Crippen LogP contribution in [0.1, 0.15) is 23.2 Å². The lowest BCUT2D eigenvalue weighted by Crippen LogP contribution is -2.60. The summed E-state index contributed by atoms with van der Waals surface area (Å²) in [6.45, 7) is 0. The fourth-order valence-corrected chi connectivity index (χ4v) is 3.99. The van der Waals surface area contributed by atoms with Crippen LogP contribution in [0.5, 0.6) is 0 Å². The number of fused-ring (bicyclic) bond motifs is 5. The molecule has 4 nitrogen and oxygen atoms in total. The normalized spacial score (nSPS) is 38.3. The molecule has 0 unspecified atom stereocenters. The van der Waals surface area contributed by atoms with Crippen molar-refractivity contribution in [2.75, 3.05) is 0 Å². The third-order valence-electron chi connectivity index (χ3n) is 4.85. The fourth-order valence-electron chi connectivity index (χ4n) is 3.99. The lowest BCUT2D eigenvalue weighted by atomic mass is 9.78. The largest absolute Gasteiger partial charge is 0.458 e. The van der Waals surface area contributed by atoms with Crippen LogP contribution in [0.4, 0.5) is 0 Å². The van der Waals surface area contributed by atoms with Crippen molar-refractivity contribution in [1.29, 1.82) is 0 Å². The van der Waals surface area contributed by atoms with E-state index in [1.165, 1.54) is 0 Å². The van der Waals surface area contributed by atoms with Gasteiger partial charge in [-0.3, -0.25) is 4.79 Å². The summed E-state index contributed by atoms with van der Waals surface area (Å²) >= 11 is 0. The van der Waals surface area contributed by atoms with Gasteiger partial charge in [-0.05, 0) is 25.0 Å². The number of hydrogen-bond acceptors (Lipinski definition) is 3. The number of hydrogen-bond donors (Lipinski definition) is 1. The predicted octanol–water partition coefficient (Wildman–Crippen LogP) is 1.37. The summed E-state index contributed by atoms with van der Waals surface area (Å²) in [4.78, 5) is 23.7. The highest BCUT2D eigenvalue weighted by Gasteiger charge is 2.64. The van der Waals surface area contributed by atoms with Crippen LogP contribution >= 0.6 is 0 Å². The van der Waals surface area contributed by atoms with Crippen molar-refractivity contribution in [3.05, 3.63) is 35.9 Å². The van der Waals surface area contributed by atoms with Crippen LogP contribution in [0.3, 0.4) is 0 Å². The van der Waals surface area contributed by atoms with Crippen LogP contribution in [0.15, 0.2) is 30.3 Å². The van der Waals surface area contributed by atoms with Crippen molar-refractivity contribution >= 4 is 11.9 Å². The van der Waals surface area contributed by atoms with Gasteiger partial charge in [-0.15, -0.1) is 0 Å². The van der Waals surface area contributed by atoms with Crippen LogP contribution in [-0.4, -0.2) is 24.0 Å². The summed E-state index contributed by atoms with van der Waals surface area (Å²) in [5.74, 6) is 0.512. The van der Waals surface area contributed by atoms with Crippen molar-refractivity contribution in [2.45, 2.75) is 25.0 Å². The van der Waals surface area contributed by atoms with Gasteiger partial charge in [-0.1, -0.05) is 18.2 Å². The smallest absolute Gasteiger partial charge is 0.338 e. The van der Waals surface area contributed by atoms with Gasteiger partial charge in [-0.2, -0.15) is 0 Å². The van der Waals surface area contributed by atoms with Gasteiger partial charge in [0, 0.05) is 17.9 Å². The molecule has 0 aromatic heterocycles. The Kier molecular flexibility index (Phi) is 2.22. The second kappa shape index (κ2) is 3.83. The Bertz CT molecular complexity index is 542. The third-order valence-corrected chi connectivity index (χ3v) is 4.85. The van der Waals surface area contributed by atoms with Crippen molar-refractivity contribution in [3.63, 3.8) is 0 Å². The molecule has 1 aliphatic heterocycles. The Morgan fingerprint density at radius 1 is 1.16 bits per heavy atom. The van der Waals surface area contributed by atoms with Gasteiger partial charge in [0.15, 0.2) is 0 Å². The summed E-state index contributed by atoms with van der Waals surface area (Å²) in [7, 11) is 0. The van der Waals surface area contributed by atoms with Gasteiger partial charge in [0.2, 0.25) is 5.91 Å². The van der Waals surface area contributed by atoms with E-state index < -0.39 is 0 Å². The van der Waals surface area contributed by atoms with Gasteiger partial charge < -0.3 is 10.1 Å². The average Bonchev–Trinajstić information content (AvgIpc) is 2.90. The van der Waals surface area contributed by atoms with Crippen LogP contribution in [-0.2, 0) is 9.53 Å². The van der Waals surface area contributed by atoms with E-state index in [-0.39, 0.29) is 35.9 Å². The Morgan fingerprint density at radius 2 is 1.89 bits per heavy atom. The number of carbonyl (C=O) groups is 2. The summed E-state index contributed by atoms with van der Waals surface area (Å²) in [6.07, 6.45) is 1.98. The Labute approximate surface area is 111 Å². The second-order valence-electron chi connectivity index (χ2n) is 5.70. The molecular weight excluding hydrogens is 242 g/mol. The van der Waals surface area contributed by atoms with E-state index in [0.717, 1.165) is 12.8 Å². The molecular formula is C15H15NO3. The van der Waals surface area contributed by atoms with Gasteiger partial charge in [0.25, 0.3) is 0 Å². The Balaban J connectivity index is 1.53. The predicted molar refractivity (Wildman–Crippen MR) is 67.3 cm³/mol. The molecule has 1 aromatic rings. The van der Waals surface area contributed by atoms with E-state index >= 15 is 0 Å². The average molecular weight is 257 g/mol. The number of carbonyl (C=O) groups excluding carboxylic acids is 2. The first-order valence-electron chi connectivity index (χ1n) is 6.82. The van der Waals surface area contributed by atoms with Gasteiger partial charge in [-0.25, -0.2) is 4.79 Å². The highest BCUT2D eigenvalue weighted by molar-refractivity contribution is 5.90. The Hall–Kier alpha value is -1.84. The first-order chi connectivity index (χ1) is 9.25. The molecule has 2 bridgehead atoms. The first-order valence-corrected chi connectivity index (χ1v) is 6.82. The minimum Gasteiger partial charge on any atom is -0.458 e. The molecule has 19 heavy (non-hydrogen) atoms. The van der Waals surface area contributed by atoms with Crippen molar-refractivity contribution in [3.8, 4) is 0 Å². The molecule has 1 heterocycles. The van der Waals surface area contributed by atoms with E-state index in [2.05, 4.69) is 5.32 Å². The van der Waals surface area contributed by atoms with E-state index in [4.69, 9.17) is 4.74 Å². The first kappa shape index (κ1) is 11.0. The maximum Gasteiger partial charge on any atom is 0.338 e. The molecule has 2 aliphatic carbocycles. The number of nitrogens with one attached hydrogen (secondary N) is 1. The molecule has 4 rings (SSSR count). The summed E-state index contributed by atoms with van der Waals surface area (Å²) in [6, 6.07) is 9.30. The fraction of sp³-hybridized carbons (Fsp3) is 0.467. The summed E-state index contributed by atoms with van der Waals surface area (Å²) in [5, 5.41) is 2.95. The zero-order valence-corrected chi connectivity index (χ0v) is 10.4. The zero-order valence-electron chi connectivity index (χ0n) is 10.4. The SMILES string of the molecule is O=C(O[C@H]1[C@H]2CC[C@H]1[C@@H]1NC(=O)[C@H]21)c1ccccc1. The van der Waals surface area contributed by atoms with E-state index in [0.29, 0.717) is 11.5 Å². The molecule has 0 spiro atoms. The number of esters is 1. The van der Waals surface area contributed by atoms with Crippen LogP contribution in [0.25, 0.3) is 0 Å². The number of rotatable bonds is 2. The lowest BCUT2D eigenvalue weighted by molar-refractivity contribution is -0.137. The molecule has 4 heteroatoms. The van der Waals surface area contributed by atoms with Gasteiger partial charge in [0.1, 0.15) is 6.10 Å². The minimum absolute atomic E-state index is 0.0818. The van der Waals surface area contributed by atoms with Crippen LogP contribution < -0.4 is 5.32 Å².